The van der Waals surface area contributed by atoms with Gasteiger partial charge in [0.25, 0.3) is 0 Å². The summed E-state index contributed by atoms with van der Waals surface area (Å²) >= 11 is 0. The molecular formula is C48H52N2. The first-order chi connectivity index (χ1) is 24.2. The number of nitrogens with zero attached hydrogens (tertiary/aromatic N) is 2. The molecule has 0 spiro atoms. The zero-order valence-electron chi connectivity index (χ0n) is 30.9. The molecule has 0 heterocycles. The van der Waals surface area contributed by atoms with E-state index in [1.165, 1.54) is 33.4 Å². The lowest BCUT2D eigenvalue weighted by Gasteiger charge is -2.38. The Bertz CT molecular complexity index is 1730. The van der Waals surface area contributed by atoms with E-state index in [2.05, 4.69) is 204 Å². The largest absolute Gasteiger partial charge is 0.311 e. The summed E-state index contributed by atoms with van der Waals surface area (Å²) < 4.78 is 0. The number of anilines is 6. The first kappa shape index (κ1) is 34.8. The molecule has 0 aliphatic heterocycles. The van der Waals surface area contributed by atoms with Crippen LogP contribution in [0.4, 0.5) is 34.1 Å². The van der Waals surface area contributed by atoms with Gasteiger partial charge in [-0.15, -0.1) is 0 Å². The van der Waals surface area contributed by atoms with Gasteiger partial charge >= 0.3 is 0 Å². The standard InChI is InChI=1S/C48H52N2/c1-8-34-48(7,9-2)47(39-18-30-45(31-19-39)49(41-22-10-35(3)11-23-41)42-24-12-36(4)13-25-42)40-20-32-46(33-21-40)50(43-26-14-37(5)15-27-43)44-28-16-38(6)17-29-44/h10-33,47H,8-9,34H2,1-7H3. The van der Waals surface area contributed by atoms with Gasteiger partial charge in [0.2, 0.25) is 0 Å². The molecule has 254 valence electrons. The summed E-state index contributed by atoms with van der Waals surface area (Å²) in [5, 5.41) is 0. The Kier molecular flexibility index (Phi) is 10.6. The highest BCUT2D eigenvalue weighted by molar-refractivity contribution is 5.78. The van der Waals surface area contributed by atoms with Crippen LogP contribution in [0.1, 0.15) is 79.3 Å². The molecule has 6 rings (SSSR count). The number of benzene rings is 6. The van der Waals surface area contributed by atoms with Gasteiger partial charge in [-0.2, -0.15) is 0 Å². The third kappa shape index (κ3) is 7.55. The summed E-state index contributed by atoms with van der Waals surface area (Å²) in [5.74, 6) is 0.259. The molecule has 0 saturated heterocycles. The van der Waals surface area contributed by atoms with Crippen LogP contribution >= 0.6 is 0 Å². The molecule has 0 aliphatic rings. The SMILES string of the molecule is CCCC(C)(CC)C(c1ccc(N(c2ccc(C)cc2)c2ccc(C)cc2)cc1)c1ccc(N(c2ccc(C)cc2)c2ccc(C)cc2)cc1. The molecule has 0 saturated carbocycles. The lowest BCUT2D eigenvalue weighted by molar-refractivity contribution is 0.243. The molecule has 6 aromatic carbocycles. The van der Waals surface area contributed by atoms with Crippen molar-refractivity contribution in [1.29, 1.82) is 0 Å². The Balaban J connectivity index is 1.40. The molecule has 50 heavy (non-hydrogen) atoms. The van der Waals surface area contributed by atoms with Crippen molar-refractivity contribution >= 4 is 34.1 Å². The van der Waals surface area contributed by atoms with Crippen LogP contribution in [0.25, 0.3) is 0 Å². The summed E-state index contributed by atoms with van der Waals surface area (Å²) in [7, 11) is 0. The number of hydrogen-bond donors (Lipinski definition) is 0. The van der Waals surface area contributed by atoms with Crippen LogP contribution in [0.3, 0.4) is 0 Å². The number of aryl methyl sites for hydroxylation is 4. The zero-order valence-corrected chi connectivity index (χ0v) is 30.9. The fourth-order valence-corrected chi connectivity index (χ4v) is 7.39. The van der Waals surface area contributed by atoms with E-state index >= 15 is 0 Å². The highest BCUT2D eigenvalue weighted by atomic mass is 15.1. The third-order valence-corrected chi connectivity index (χ3v) is 10.5. The van der Waals surface area contributed by atoms with E-state index in [1.54, 1.807) is 0 Å². The van der Waals surface area contributed by atoms with Gasteiger partial charge in [-0.05, 0) is 130 Å². The summed E-state index contributed by atoms with van der Waals surface area (Å²) in [6.07, 6.45) is 3.42. The fourth-order valence-electron chi connectivity index (χ4n) is 7.39. The van der Waals surface area contributed by atoms with Crippen molar-refractivity contribution in [3.05, 3.63) is 179 Å². The Morgan fingerprint density at radius 1 is 0.400 bits per heavy atom. The maximum atomic E-state index is 2.48. The molecule has 0 aliphatic carbocycles. The van der Waals surface area contributed by atoms with Crippen LogP contribution in [0.2, 0.25) is 0 Å². The highest BCUT2D eigenvalue weighted by Crippen LogP contribution is 2.48. The Labute approximate surface area is 301 Å². The van der Waals surface area contributed by atoms with E-state index < -0.39 is 0 Å². The molecule has 6 aromatic rings. The molecule has 2 nitrogen and oxygen atoms in total. The van der Waals surface area contributed by atoms with Crippen LogP contribution in [-0.4, -0.2) is 0 Å². The van der Waals surface area contributed by atoms with Crippen molar-refractivity contribution < 1.29 is 0 Å². The minimum Gasteiger partial charge on any atom is -0.311 e. The lowest BCUT2D eigenvalue weighted by atomic mass is 9.66. The summed E-state index contributed by atoms with van der Waals surface area (Å²) in [6.45, 7) is 15.7. The lowest BCUT2D eigenvalue weighted by Crippen LogP contribution is -2.26. The van der Waals surface area contributed by atoms with Crippen molar-refractivity contribution in [2.75, 3.05) is 9.80 Å². The van der Waals surface area contributed by atoms with E-state index in [4.69, 9.17) is 0 Å². The van der Waals surface area contributed by atoms with Gasteiger partial charge in [-0.1, -0.05) is 122 Å². The number of rotatable bonds is 12. The fraction of sp³-hybridized carbons (Fsp3) is 0.250. The van der Waals surface area contributed by atoms with Gasteiger partial charge in [0, 0.05) is 40.0 Å². The minimum atomic E-state index is 0.110. The average molecular weight is 657 g/mol. The van der Waals surface area contributed by atoms with E-state index in [-0.39, 0.29) is 11.3 Å². The average Bonchev–Trinajstić information content (AvgIpc) is 3.13. The normalized spacial score (nSPS) is 12.5. The van der Waals surface area contributed by atoms with Crippen molar-refractivity contribution in [1.82, 2.24) is 0 Å². The second-order valence-electron chi connectivity index (χ2n) is 14.4. The van der Waals surface area contributed by atoms with Crippen LogP contribution in [0, 0.1) is 33.1 Å². The van der Waals surface area contributed by atoms with Crippen molar-refractivity contribution in [2.45, 2.75) is 73.6 Å². The van der Waals surface area contributed by atoms with Gasteiger partial charge in [-0.3, -0.25) is 0 Å². The van der Waals surface area contributed by atoms with Gasteiger partial charge in [0.05, 0.1) is 0 Å². The van der Waals surface area contributed by atoms with Crippen LogP contribution in [-0.2, 0) is 0 Å². The Morgan fingerprint density at radius 2 is 0.640 bits per heavy atom. The van der Waals surface area contributed by atoms with E-state index in [9.17, 15) is 0 Å². The van der Waals surface area contributed by atoms with E-state index in [1.807, 2.05) is 0 Å². The molecule has 0 aromatic heterocycles. The molecule has 1 atom stereocenters. The highest BCUT2D eigenvalue weighted by Gasteiger charge is 2.34. The molecule has 0 fully saturated rings. The van der Waals surface area contributed by atoms with Crippen molar-refractivity contribution in [2.24, 2.45) is 5.41 Å². The Hall–Kier alpha value is -5.08. The summed E-state index contributed by atoms with van der Waals surface area (Å²) in [6, 6.07) is 54.1. The van der Waals surface area contributed by atoms with Gasteiger partial charge in [0.15, 0.2) is 0 Å². The molecule has 0 amide bonds. The molecule has 0 N–H and O–H groups in total. The minimum absolute atomic E-state index is 0.110. The first-order valence-corrected chi connectivity index (χ1v) is 18.3. The predicted octanol–water partition coefficient (Wildman–Crippen LogP) is 14.2. The number of hydrogen-bond acceptors (Lipinski definition) is 2. The van der Waals surface area contributed by atoms with Gasteiger partial charge < -0.3 is 9.80 Å². The van der Waals surface area contributed by atoms with E-state index in [0.29, 0.717) is 0 Å². The molecular weight excluding hydrogens is 605 g/mol. The molecule has 0 radical (unpaired) electrons. The zero-order chi connectivity index (χ0) is 35.3. The van der Waals surface area contributed by atoms with Crippen LogP contribution in [0.5, 0.6) is 0 Å². The maximum absolute atomic E-state index is 2.48. The summed E-state index contributed by atoms with van der Waals surface area (Å²) in [4.78, 5) is 4.73. The molecule has 0 bridgehead atoms. The second kappa shape index (κ2) is 15.2. The molecule has 2 heteroatoms. The maximum Gasteiger partial charge on any atom is 0.0461 e. The van der Waals surface area contributed by atoms with Crippen molar-refractivity contribution in [3.8, 4) is 0 Å². The topological polar surface area (TPSA) is 6.48 Å². The third-order valence-electron chi connectivity index (χ3n) is 10.5. The molecule has 1 unspecified atom stereocenters. The smallest absolute Gasteiger partial charge is 0.0461 e. The van der Waals surface area contributed by atoms with Gasteiger partial charge in [0.1, 0.15) is 0 Å². The first-order valence-electron chi connectivity index (χ1n) is 18.3. The van der Waals surface area contributed by atoms with Crippen molar-refractivity contribution in [3.63, 3.8) is 0 Å². The monoisotopic (exact) mass is 656 g/mol. The second-order valence-corrected chi connectivity index (χ2v) is 14.4. The summed E-state index contributed by atoms with van der Waals surface area (Å²) in [5.41, 5.74) is 14.9. The van der Waals surface area contributed by atoms with Crippen LogP contribution < -0.4 is 9.80 Å². The Morgan fingerprint density at radius 3 is 0.860 bits per heavy atom. The van der Waals surface area contributed by atoms with Crippen LogP contribution in [0.15, 0.2) is 146 Å². The van der Waals surface area contributed by atoms with Gasteiger partial charge in [-0.25, -0.2) is 0 Å². The predicted molar refractivity (Wildman–Crippen MR) is 216 cm³/mol. The van der Waals surface area contributed by atoms with E-state index in [0.717, 1.165) is 53.4 Å². The quantitative estimate of drug-likeness (QED) is 0.129.